The Bertz CT molecular complexity index is 2450. The van der Waals surface area contributed by atoms with Crippen molar-refractivity contribution in [2.45, 2.75) is 31.7 Å². The maximum atomic E-state index is 13.0. The number of aromatic nitrogens is 4. The molecule has 314 valence electrons. The fourth-order valence-corrected chi connectivity index (χ4v) is 7.24. The van der Waals surface area contributed by atoms with Crippen molar-refractivity contribution in [3.05, 3.63) is 94.5 Å². The lowest BCUT2D eigenvalue weighted by molar-refractivity contribution is -0.123. The molecule has 8 N–H and O–H groups in total. The molecule has 0 spiro atoms. The fourth-order valence-electron chi connectivity index (χ4n) is 5.84. The van der Waals surface area contributed by atoms with E-state index in [1.807, 2.05) is 10.8 Å². The van der Waals surface area contributed by atoms with Gasteiger partial charge in [0.25, 0.3) is 23.6 Å². The molecule has 4 aromatic heterocycles. The number of nitrogens with zero attached hydrogens (tertiary/aromatic N) is 4. The molecule has 0 saturated heterocycles. The van der Waals surface area contributed by atoms with Gasteiger partial charge < -0.3 is 47.1 Å². The van der Waals surface area contributed by atoms with E-state index in [9.17, 15) is 28.8 Å². The van der Waals surface area contributed by atoms with E-state index in [2.05, 4.69) is 41.9 Å². The van der Waals surface area contributed by atoms with Crippen molar-refractivity contribution >= 4 is 79.4 Å². The van der Waals surface area contributed by atoms with E-state index in [-0.39, 0.29) is 67.4 Å². The Morgan fingerprint density at radius 1 is 0.667 bits per heavy atom. The molecule has 0 aliphatic rings. The first-order valence-electron chi connectivity index (χ1n) is 18.7. The predicted octanol–water partition coefficient (Wildman–Crippen LogP) is 2.91. The van der Waals surface area contributed by atoms with Crippen molar-refractivity contribution in [3.63, 3.8) is 0 Å². The lowest BCUT2D eigenvalue weighted by Crippen LogP contribution is -2.42. The van der Waals surface area contributed by atoms with Gasteiger partial charge in [-0.15, -0.1) is 22.7 Å². The molecular formula is C39H43N11O8S2. The Hall–Kier alpha value is -6.84. The number of rotatable bonds is 20. The van der Waals surface area contributed by atoms with E-state index < -0.39 is 35.6 Å². The molecule has 0 unspecified atom stereocenters. The summed E-state index contributed by atoms with van der Waals surface area (Å²) in [5.74, 6) is -1.78. The van der Waals surface area contributed by atoms with E-state index in [4.69, 9.17) is 15.2 Å². The van der Waals surface area contributed by atoms with Crippen molar-refractivity contribution in [2.24, 2.45) is 5.73 Å². The van der Waals surface area contributed by atoms with Crippen LogP contribution >= 0.6 is 22.7 Å². The number of fused-ring (bicyclic) bond motifs is 2. The van der Waals surface area contributed by atoms with Crippen molar-refractivity contribution in [2.75, 3.05) is 51.0 Å². The first kappa shape index (κ1) is 42.8. The Balaban J connectivity index is 0.838. The normalized spacial score (nSPS) is 11.4. The molecule has 21 heteroatoms. The average molecular weight is 858 g/mol. The monoisotopic (exact) mass is 857 g/mol. The number of benzene rings is 2. The van der Waals surface area contributed by atoms with Gasteiger partial charge in [-0.2, -0.15) is 0 Å². The summed E-state index contributed by atoms with van der Waals surface area (Å²) in [7, 11) is 2.87. The second kappa shape index (κ2) is 20.2. The largest absolute Gasteiger partial charge is 0.496 e. The summed E-state index contributed by atoms with van der Waals surface area (Å²) in [5, 5.41) is 20.3. The maximum absolute atomic E-state index is 13.0. The smallest absolute Gasteiger partial charge is 0.275 e. The minimum absolute atomic E-state index is 0.0197. The van der Waals surface area contributed by atoms with Crippen LogP contribution in [0.3, 0.4) is 0 Å². The topological polar surface area (TPSA) is 254 Å². The van der Waals surface area contributed by atoms with Gasteiger partial charge in [0.15, 0.2) is 9.92 Å². The average Bonchev–Trinajstić information content (AvgIpc) is 4.05. The number of thiazole rings is 2. The zero-order valence-electron chi connectivity index (χ0n) is 32.6. The molecule has 19 nitrogen and oxygen atoms in total. The molecule has 0 radical (unpaired) electrons. The molecule has 2 aromatic carbocycles. The highest BCUT2D eigenvalue weighted by Crippen LogP contribution is 2.25. The first-order chi connectivity index (χ1) is 29.0. The number of ether oxygens (including phenoxy) is 2. The summed E-state index contributed by atoms with van der Waals surface area (Å²) in [6.07, 6.45) is 7.81. The Morgan fingerprint density at radius 2 is 1.13 bits per heavy atom. The van der Waals surface area contributed by atoms with Crippen LogP contribution in [0.4, 0.5) is 11.4 Å². The number of hydrogen-bond acceptors (Lipinski definition) is 13. The number of methoxy groups -OCH3 is 2. The van der Waals surface area contributed by atoms with E-state index >= 15 is 0 Å². The van der Waals surface area contributed by atoms with Crippen molar-refractivity contribution in [1.29, 1.82) is 0 Å². The Morgan fingerprint density at radius 3 is 1.60 bits per heavy atom. The van der Waals surface area contributed by atoms with Crippen molar-refractivity contribution in [1.82, 2.24) is 40.0 Å². The third-order valence-electron chi connectivity index (χ3n) is 8.97. The molecule has 0 aliphatic carbocycles. The molecular weight excluding hydrogens is 815 g/mol. The van der Waals surface area contributed by atoms with Gasteiger partial charge in [0, 0.05) is 79.5 Å². The van der Waals surface area contributed by atoms with Gasteiger partial charge in [0.05, 0.1) is 31.4 Å². The van der Waals surface area contributed by atoms with E-state index in [0.717, 1.165) is 0 Å². The van der Waals surface area contributed by atoms with Crippen LogP contribution in [-0.4, -0.2) is 101 Å². The minimum atomic E-state index is -0.919. The number of carbonyl (C=O) groups is 6. The van der Waals surface area contributed by atoms with Gasteiger partial charge in [-0.05, 0) is 55.7 Å². The standard InChI is InChI=1S/C39H43N11O8S2/c1-57-30-8-5-23(45-36(55)28-21-49-15-17-59-38(49)47-28)19-25(30)33(52)42-12-3-11-41-32(51)10-7-27(40)35(54)44-14-4-13-43-34(53)26-20-24(6-9-31(26)58-2)46-37(56)29-22-50-16-18-60-39(50)48-29/h5-6,8-9,15-22,27H,3-4,7,10-14,40H2,1-2H3,(H,41,51)(H,42,52)(H,43,53)(H,44,54)(H,45,55)(H,46,56)/t27-/m0/s1. The summed E-state index contributed by atoms with van der Waals surface area (Å²) in [6, 6.07) is 8.50. The lowest BCUT2D eigenvalue weighted by Gasteiger charge is -2.14. The highest BCUT2D eigenvalue weighted by Gasteiger charge is 2.19. The molecule has 0 bridgehead atoms. The number of nitrogens with two attached hydrogens (primary N) is 1. The fraction of sp³-hybridized carbons (Fsp3) is 0.282. The number of imidazole rings is 2. The van der Waals surface area contributed by atoms with Gasteiger partial charge in [-0.3, -0.25) is 37.6 Å². The molecule has 0 aliphatic heterocycles. The number of amides is 6. The van der Waals surface area contributed by atoms with E-state index in [1.54, 1.807) is 57.9 Å². The zero-order chi connectivity index (χ0) is 42.6. The van der Waals surface area contributed by atoms with Gasteiger partial charge in [0.1, 0.15) is 22.9 Å². The van der Waals surface area contributed by atoms with Crippen molar-refractivity contribution in [3.8, 4) is 11.5 Å². The third-order valence-corrected chi connectivity index (χ3v) is 10.5. The zero-order valence-corrected chi connectivity index (χ0v) is 34.2. The predicted molar refractivity (Wildman–Crippen MR) is 225 cm³/mol. The molecule has 60 heavy (non-hydrogen) atoms. The molecule has 6 amide bonds. The van der Waals surface area contributed by atoms with Crippen LogP contribution in [0.25, 0.3) is 9.92 Å². The minimum Gasteiger partial charge on any atom is -0.496 e. The quantitative estimate of drug-likeness (QED) is 0.0550. The first-order valence-corrected chi connectivity index (χ1v) is 20.5. The van der Waals surface area contributed by atoms with Crippen LogP contribution in [0.5, 0.6) is 11.5 Å². The molecule has 6 rings (SSSR count). The van der Waals surface area contributed by atoms with Crippen LogP contribution in [0, 0.1) is 0 Å². The molecule has 4 heterocycles. The van der Waals surface area contributed by atoms with Crippen molar-refractivity contribution < 1.29 is 38.2 Å². The second-order valence-corrected chi connectivity index (χ2v) is 14.9. The number of hydrogen-bond donors (Lipinski definition) is 7. The Kier molecular flexibility index (Phi) is 14.4. The lowest BCUT2D eigenvalue weighted by atomic mass is 10.1. The Labute approximate surface area is 351 Å². The van der Waals surface area contributed by atoms with E-state index in [0.29, 0.717) is 45.6 Å². The van der Waals surface area contributed by atoms with Gasteiger partial charge in [0.2, 0.25) is 11.8 Å². The number of carbonyl (C=O) groups excluding carboxylic acids is 6. The molecule has 6 aromatic rings. The SMILES string of the molecule is COc1ccc(NC(=O)c2cn3ccsc3n2)cc1C(=O)NCCCNC(=O)CC[C@H](N)C(=O)NCCCNC(=O)c1cc(NC(=O)c2cn3ccsc3n2)ccc1OC. The van der Waals surface area contributed by atoms with Gasteiger partial charge >= 0.3 is 0 Å². The summed E-state index contributed by atoms with van der Waals surface area (Å²) >= 11 is 2.81. The maximum Gasteiger partial charge on any atom is 0.275 e. The van der Waals surface area contributed by atoms with Crippen LogP contribution in [-0.2, 0) is 9.59 Å². The summed E-state index contributed by atoms with van der Waals surface area (Å²) in [4.78, 5) is 86.3. The van der Waals surface area contributed by atoms with Gasteiger partial charge in [-0.1, -0.05) is 0 Å². The van der Waals surface area contributed by atoms with Gasteiger partial charge in [-0.25, -0.2) is 9.97 Å². The summed E-state index contributed by atoms with van der Waals surface area (Å²) in [6.45, 7) is 0.981. The van der Waals surface area contributed by atoms with Crippen LogP contribution in [0.1, 0.15) is 67.4 Å². The molecule has 0 fully saturated rings. The van der Waals surface area contributed by atoms with Crippen LogP contribution < -0.4 is 47.1 Å². The number of anilines is 2. The molecule has 1 atom stereocenters. The third kappa shape index (κ3) is 11.0. The highest BCUT2D eigenvalue weighted by atomic mass is 32.1. The van der Waals surface area contributed by atoms with Crippen LogP contribution in [0.2, 0.25) is 0 Å². The summed E-state index contributed by atoms with van der Waals surface area (Å²) < 4.78 is 14.2. The van der Waals surface area contributed by atoms with E-state index in [1.165, 1.54) is 49.0 Å². The highest BCUT2D eigenvalue weighted by molar-refractivity contribution is 7.15. The number of nitrogens with one attached hydrogen (secondary N) is 6. The molecule has 0 saturated carbocycles. The summed E-state index contributed by atoms with van der Waals surface area (Å²) in [5.41, 5.74) is 7.70. The second-order valence-electron chi connectivity index (χ2n) is 13.2. The van der Waals surface area contributed by atoms with Crippen LogP contribution in [0.15, 0.2) is 71.9 Å².